The first-order valence-electron chi connectivity index (χ1n) is 7.27. The molecule has 0 aromatic heterocycles. The summed E-state index contributed by atoms with van der Waals surface area (Å²) in [5.41, 5.74) is 6.05. The van der Waals surface area contributed by atoms with Crippen molar-refractivity contribution < 1.29 is 0 Å². The van der Waals surface area contributed by atoms with E-state index >= 15 is 0 Å². The van der Waals surface area contributed by atoms with Crippen LogP contribution in [-0.4, -0.2) is 0 Å². The van der Waals surface area contributed by atoms with Gasteiger partial charge in [0.25, 0.3) is 0 Å². The largest absolute Gasteiger partial charge is 0.0836 e. The topological polar surface area (TPSA) is 0 Å². The Bertz CT molecular complexity index is 625. The van der Waals surface area contributed by atoms with Gasteiger partial charge in [0.15, 0.2) is 0 Å². The van der Waals surface area contributed by atoms with Crippen LogP contribution >= 0.6 is 0 Å². The van der Waals surface area contributed by atoms with Crippen LogP contribution in [0.5, 0.6) is 0 Å². The minimum absolute atomic E-state index is 0.610. The molecule has 3 aliphatic carbocycles. The summed E-state index contributed by atoms with van der Waals surface area (Å²) in [5, 5.41) is 0. The van der Waals surface area contributed by atoms with Gasteiger partial charge in [0.05, 0.1) is 0 Å². The van der Waals surface area contributed by atoms with Crippen LogP contribution in [0.3, 0.4) is 0 Å². The molecule has 0 amide bonds. The summed E-state index contributed by atoms with van der Waals surface area (Å²) in [4.78, 5) is 0. The maximum Gasteiger partial charge on any atom is 0.00304 e. The zero-order valence-corrected chi connectivity index (χ0v) is 11.0. The molecule has 0 bridgehead atoms. The van der Waals surface area contributed by atoms with E-state index in [1.165, 1.54) is 24.0 Å². The molecular weight excluding hydrogens is 228 g/mol. The Morgan fingerprint density at radius 2 is 1.95 bits per heavy atom. The van der Waals surface area contributed by atoms with E-state index in [9.17, 15) is 0 Å². The highest BCUT2D eigenvalue weighted by Crippen LogP contribution is 2.46. The van der Waals surface area contributed by atoms with Crippen LogP contribution in [0.15, 0.2) is 60.2 Å². The van der Waals surface area contributed by atoms with Crippen molar-refractivity contribution in [1.82, 2.24) is 0 Å². The van der Waals surface area contributed by atoms with Gasteiger partial charge in [0, 0.05) is 11.8 Å². The van der Waals surface area contributed by atoms with Crippen LogP contribution in [0.2, 0.25) is 0 Å². The zero-order chi connectivity index (χ0) is 12.7. The second-order valence-electron chi connectivity index (χ2n) is 5.73. The Hall–Kier alpha value is -1.82. The van der Waals surface area contributed by atoms with Gasteiger partial charge in [-0.1, -0.05) is 66.3 Å². The van der Waals surface area contributed by atoms with Gasteiger partial charge in [-0.15, -0.1) is 0 Å². The fourth-order valence-electron chi connectivity index (χ4n) is 3.32. The molecule has 1 aromatic rings. The van der Waals surface area contributed by atoms with Crippen LogP contribution in [0.4, 0.5) is 0 Å². The summed E-state index contributed by atoms with van der Waals surface area (Å²) < 4.78 is 0. The number of hydrogen-bond donors (Lipinski definition) is 0. The van der Waals surface area contributed by atoms with Gasteiger partial charge in [0.2, 0.25) is 0 Å². The van der Waals surface area contributed by atoms with Crippen LogP contribution in [0.25, 0.3) is 11.6 Å². The molecule has 0 heteroatoms. The Morgan fingerprint density at radius 3 is 2.84 bits per heavy atom. The van der Waals surface area contributed by atoms with Crippen molar-refractivity contribution in [2.75, 3.05) is 0 Å². The third-order valence-corrected chi connectivity index (χ3v) is 4.48. The quantitative estimate of drug-likeness (QED) is 0.653. The fourth-order valence-corrected chi connectivity index (χ4v) is 3.32. The molecular formula is C19H18. The molecule has 4 rings (SSSR count). The normalized spacial score (nSPS) is 27.6. The fraction of sp³-hybridized carbons (Fsp3) is 0.263. The highest BCUT2D eigenvalue weighted by atomic mass is 14.3. The minimum atomic E-state index is 0.610. The highest BCUT2D eigenvalue weighted by Gasteiger charge is 2.29. The average molecular weight is 246 g/mol. The molecule has 0 nitrogen and oxygen atoms in total. The van der Waals surface area contributed by atoms with E-state index in [4.69, 9.17) is 0 Å². The van der Waals surface area contributed by atoms with E-state index in [0.717, 1.165) is 12.3 Å². The molecule has 0 saturated carbocycles. The Morgan fingerprint density at radius 1 is 1.00 bits per heavy atom. The molecule has 0 heterocycles. The first-order valence-corrected chi connectivity index (χ1v) is 7.27. The number of hydrogen-bond acceptors (Lipinski definition) is 0. The van der Waals surface area contributed by atoms with E-state index in [1.807, 2.05) is 0 Å². The molecule has 0 N–H and O–H groups in total. The van der Waals surface area contributed by atoms with Gasteiger partial charge >= 0.3 is 0 Å². The van der Waals surface area contributed by atoms with E-state index in [2.05, 4.69) is 60.7 Å². The second kappa shape index (κ2) is 4.38. The SMILES string of the molecule is C1=CCC(C2=Cc3ccccc3C3=CC3CC2)C=C1. The molecule has 94 valence electrons. The predicted octanol–water partition coefficient (Wildman–Crippen LogP) is 5.01. The van der Waals surface area contributed by atoms with Gasteiger partial charge < -0.3 is 0 Å². The van der Waals surface area contributed by atoms with E-state index in [1.54, 1.807) is 11.1 Å². The summed E-state index contributed by atoms with van der Waals surface area (Å²) >= 11 is 0. The van der Waals surface area contributed by atoms with E-state index < -0.39 is 0 Å². The van der Waals surface area contributed by atoms with Crippen LogP contribution in [-0.2, 0) is 0 Å². The first-order chi connectivity index (χ1) is 9.42. The molecule has 0 saturated heterocycles. The van der Waals surface area contributed by atoms with Gasteiger partial charge in [-0.25, -0.2) is 0 Å². The van der Waals surface area contributed by atoms with E-state index in [0.29, 0.717) is 5.92 Å². The standard InChI is InChI=1S/C19H18/c1-2-6-14(7-3-1)15-10-11-17-13-19(17)18-9-5-4-8-16(18)12-15/h1-6,8-9,12-14,17H,7,10-11H2. The number of fused-ring (bicyclic) bond motifs is 3. The molecule has 2 atom stereocenters. The molecule has 2 unspecified atom stereocenters. The molecule has 0 spiro atoms. The van der Waals surface area contributed by atoms with Gasteiger partial charge in [-0.05, 0) is 36.0 Å². The monoisotopic (exact) mass is 246 g/mol. The van der Waals surface area contributed by atoms with Crippen molar-refractivity contribution in [2.24, 2.45) is 11.8 Å². The molecule has 3 aliphatic rings. The van der Waals surface area contributed by atoms with Crippen molar-refractivity contribution in [1.29, 1.82) is 0 Å². The molecule has 1 aromatic carbocycles. The van der Waals surface area contributed by atoms with Crippen molar-refractivity contribution >= 4 is 11.6 Å². The molecule has 19 heavy (non-hydrogen) atoms. The smallest absolute Gasteiger partial charge is 0.00304 e. The van der Waals surface area contributed by atoms with Crippen molar-refractivity contribution in [3.63, 3.8) is 0 Å². The van der Waals surface area contributed by atoms with Crippen LogP contribution in [0.1, 0.15) is 30.4 Å². The second-order valence-corrected chi connectivity index (χ2v) is 5.73. The van der Waals surface area contributed by atoms with E-state index in [-0.39, 0.29) is 0 Å². The predicted molar refractivity (Wildman–Crippen MR) is 81.5 cm³/mol. The molecule has 0 aliphatic heterocycles. The van der Waals surface area contributed by atoms with Gasteiger partial charge in [0.1, 0.15) is 0 Å². The lowest BCUT2D eigenvalue weighted by molar-refractivity contribution is 0.674. The number of benzene rings is 1. The number of allylic oxidation sites excluding steroid dienone is 7. The summed E-state index contributed by atoms with van der Waals surface area (Å²) in [6.07, 6.45) is 17.6. The van der Waals surface area contributed by atoms with Crippen molar-refractivity contribution in [3.8, 4) is 0 Å². The lowest BCUT2D eigenvalue weighted by atomic mass is 9.84. The maximum atomic E-state index is 2.44. The summed E-state index contributed by atoms with van der Waals surface area (Å²) in [5.74, 6) is 1.35. The van der Waals surface area contributed by atoms with Crippen molar-refractivity contribution in [3.05, 3.63) is 71.3 Å². The summed E-state index contributed by atoms with van der Waals surface area (Å²) in [7, 11) is 0. The van der Waals surface area contributed by atoms with Crippen LogP contribution in [0, 0.1) is 11.8 Å². The van der Waals surface area contributed by atoms with Gasteiger partial charge in [-0.3, -0.25) is 0 Å². The molecule has 0 fully saturated rings. The average Bonchev–Trinajstić information content (AvgIpc) is 3.21. The van der Waals surface area contributed by atoms with Crippen LogP contribution < -0.4 is 0 Å². The Kier molecular flexibility index (Phi) is 2.55. The lowest BCUT2D eigenvalue weighted by Crippen LogP contribution is -2.05. The zero-order valence-electron chi connectivity index (χ0n) is 11.0. The summed E-state index contributed by atoms with van der Waals surface area (Å²) in [6.45, 7) is 0. The maximum absolute atomic E-state index is 2.44. The third-order valence-electron chi connectivity index (χ3n) is 4.48. The Balaban J connectivity index is 1.75. The van der Waals surface area contributed by atoms with Gasteiger partial charge in [-0.2, -0.15) is 0 Å². The minimum Gasteiger partial charge on any atom is -0.0836 e. The summed E-state index contributed by atoms with van der Waals surface area (Å²) in [6, 6.07) is 8.85. The first kappa shape index (κ1) is 11.0. The lowest BCUT2D eigenvalue weighted by Gasteiger charge is -2.20. The third kappa shape index (κ3) is 2.02. The Labute approximate surface area is 114 Å². The molecule has 0 radical (unpaired) electrons. The highest BCUT2D eigenvalue weighted by molar-refractivity contribution is 5.86. The number of rotatable bonds is 1. The van der Waals surface area contributed by atoms with Crippen molar-refractivity contribution in [2.45, 2.75) is 19.3 Å².